The van der Waals surface area contributed by atoms with Crippen LogP contribution in [0.5, 0.6) is 0 Å². The minimum absolute atomic E-state index is 0.167. The molecule has 2 N–H and O–H groups in total. The molecule has 0 spiro atoms. The van der Waals surface area contributed by atoms with Gasteiger partial charge in [-0.2, -0.15) is 5.26 Å². The molecular formula is C18H22N4O2S. The van der Waals surface area contributed by atoms with Crippen molar-refractivity contribution in [1.82, 2.24) is 4.98 Å². The Bertz CT molecular complexity index is 849. The van der Waals surface area contributed by atoms with Crippen LogP contribution in [-0.4, -0.2) is 37.4 Å². The van der Waals surface area contributed by atoms with Gasteiger partial charge in [-0.1, -0.05) is 13.8 Å². The number of nitrogens with zero attached hydrogens (tertiary/aromatic N) is 3. The van der Waals surface area contributed by atoms with Crippen molar-refractivity contribution >= 4 is 33.1 Å². The molecule has 4 rings (SSSR count). The zero-order valence-corrected chi connectivity index (χ0v) is 15.4. The van der Waals surface area contributed by atoms with Gasteiger partial charge in [0.05, 0.1) is 31.6 Å². The number of nitrogens with two attached hydrogens (primary N) is 1. The van der Waals surface area contributed by atoms with Gasteiger partial charge in [-0.05, 0) is 11.5 Å². The molecule has 0 bridgehead atoms. The summed E-state index contributed by atoms with van der Waals surface area (Å²) < 4.78 is 11.6. The first kappa shape index (κ1) is 16.6. The predicted molar refractivity (Wildman–Crippen MR) is 98.9 cm³/mol. The van der Waals surface area contributed by atoms with Crippen LogP contribution >= 0.6 is 11.3 Å². The van der Waals surface area contributed by atoms with E-state index in [1.54, 1.807) is 0 Å². The maximum absolute atomic E-state index is 9.38. The lowest BCUT2D eigenvalue weighted by atomic mass is 9.91. The Morgan fingerprint density at radius 2 is 2.08 bits per heavy atom. The number of thiophene rings is 1. The first-order valence-corrected chi connectivity index (χ1v) is 9.50. The SMILES string of the molecule is CC(C)[C@H]1Cc2c(c(N3CCOCC3)nc3sc(C#N)c(N)c23)CO1. The molecule has 2 aromatic rings. The standard InChI is InChI=1S/C18H22N4O2S/c1-10(2)13-7-11-12(9-24-13)17(22-3-5-23-6-4-22)21-18-15(11)16(20)14(8-19)25-18/h10,13H,3-7,9,20H2,1-2H3/t13-/m1/s1. The lowest BCUT2D eigenvalue weighted by molar-refractivity contribution is 0.000125. The molecule has 2 aliphatic rings. The van der Waals surface area contributed by atoms with Crippen molar-refractivity contribution in [3.63, 3.8) is 0 Å². The summed E-state index contributed by atoms with van der Waals surface area (Å²) in [5.74, 6) is 1.40. The summed E-state index contributed by atoms with van der Waals surface area (Å²) in [4.78, 5) is 8.57. The summed E-state index contributed by atoms with van der Waals surface area (Å²) in [6.45, 7) is 7.96. The first-order valence-electron chi connectivity index (χ1n) is 8.68. The van der Waals surface area contributed by atoms with E-state index in [0.29, 0.717) is 36.3 Å². The Balaban J connectivity index is 1.91. The topological polar surface area (TPSA) is 84.4 Å². The number of pyridine rings is 1. The Kier molecular flexibility index (Phi) is 4.28. The largest absolute Gasteiger partial charge is 0.396 e. The number of hydrogen-bond donors (Lipinski definition) is 1. The number of nitriles is 1. The van der Waals surface area contributed by atoms with Crippen LogP contribution in [0.2, 0.25) is 0 Å². The molecule has 0 aromatic carbocycles. The number of fused-ring (bicyclic) bond motifs is 3. The average Bonchev–Trinajstić information content (AvgIpc) is 2.97. The Morgan fingerprint density at radius 3 is 2.76 bits per heavy atom. The monoisotopic (exact) mass is 358 g/mol. The van der Waals surface area contributed by atoms with E-state index in [1.807, 2.05) is 0 Å². The highest BCUT2D eigenvalue weighted by Crippen LogP contribution is 2.42. The quantitative estimate of drug-likeness (QED) is 0.888. The van der Waals surface area contributed by atoms with E-state index >= 15 is 0 Å². The van der Waals surface area contributed by atoms with Gasteiger partial charge >= 0.3 is 0 Å². The van der Waals surface area contributed by atoms with Crippen molar-refractivity contribution < 1.29 is 9.47 Å². The molecule has 1 fully saturated rings. The second-order valence-electron chi connectivity index (χ2n) is 6.93. The van der Waals surface area contributed by atoms with Gasteiger partial charge in [0.1, 0.15) is 21.6 Å². The van der Waals surface area contributed by atoms with Crippen LogP contribution < -0.4 is 10.6 Å². The van der Waals surface area contributed by atoms with E-state index in [2.05, 4.69) is 24.8 Å². The average molecular weight is 358 g/mol. The van der Waals surface area contributed by atoms with Gasteiger partial charge in [-0.25, -0.2) is 4.98 Å². The minimum Gasteiger partial charge on any atom is -0.396 e. The second-order valence-corrected chi connectivity index (χ2v) is 7.93. The fourth-order valence-electron chi connectivity index (χ4n) is 3.63. The van der Waals surface area contributed by atoms with Gasteiger partial charge < -0.3 is 20.1 Å². The van der Waals surface area contributed by atoms with Crippen LogP contribution in [-0.2, 0) is 22.5 Å². The van der Waals surface area contributed by atoms with E-state index in [-0.39, 0.29) is 6.10 Å². The second kappa shape index (κ2) is 6.45. The lowest BCUT2D eigenvalue weighted by Gasteiger charge is -2.34. The normalized spacial score (nSPS) is 20.7. The van der Waals surface area contributed by atoms with Crippen molar-refractivity contribution in [3.05, 3.63) is 16.0 Å². The molecule has 0 aliphatic carbocycles. The Hall–Kier alpha value is -1.88. The molecule has 2 aliphatic heterocycles. The Morgan fingerprint density at radius 1 is 1.32 bits per heavy atom. The van der Waals surface area contributed by atoms with Gasteiger partial charge in [0.2, 0.25) is 0 Å². The summed E-state index contributed by atoms with van der Waals surface area (Å²) in [6.07, 6.45) is 0.982. The third-order valence-electron chi connectivity index (χ3n) is 5.07. The fraction of sp³-hybridized carbons (Fsp3) is 0.556. The highest BCUT2D eigenvalue weighted by Gasteiger charge is 2.31. The number of rotatable bonds is 2. The molecule has 7 heteroatoms. The lowest BCUT2D eigenvalue weighted by Crippen LogP contribution is -2.38. The van der Waals surface area contributed by atoms with Crippen LogP contribution in [0.15, 0.2) is 0 Å². The van der Waals surface area contributed by atoms with Gasteiger partial charge in [0, 0.05) is 30.5 Å². The molecule has 0 radical (unpaired) electrons. The summed E-state index contributed by atoms with van der Waals surface area (Å²) >= 11 is 1.39. The Labute approximate surface area is 151 Å². The van der Waals surface area contributed by atoms with Gasteiger partial charge in [0.25, 0.3) is 0 Å². The number of anilines is 2. The third kappa shape index (κ3) is 2.74. The van der Waals surface area contributed by atoms with E-state index in [1.165, 1.54) is 16.9 Å². The molecule has 1 atom stereocenters. The zero-order valence-electron chi connectivity index (χ0n) is 14.5. The number of hydrogen-bond acceptors (Lipinski definition) is 7. The number of aromatic nitrogens is 1. The number of nitrogen functional groups attached to an aromatic ring is 1. The van der Waals surface area contributed by atoms with Crippen LogP contribution in [0.1, 0.15) is 29.9 Å². The maximum Gasteiger partial charge on any atom is 0.136 e. The van der Waals surface area contributed by atoms with E-state index in [4.69, 9.17) is 20.2 Å². The first-order chi connectivity index (χ1) is 12.1. The molecule has 0 saturated carbocycles. The van der Waals surface area contributed by atoms with Gasteiger partial charge in [-0.15, -0.1) is 11.3 Å². The van der Waals surface area contributed by atoms with Crippen molar-refractivity contribution in [1.29, 1.82) is 5.26 Å². The fourth-order valence-corrected chi connectivity index (χ4v) is 4.54. The molecule has 2 aromatic heterocycles. The van der Waals surface area contributed by atoms with E-state index in [9.17, 15) is 5.26 Å². The molecule has 25 heavy (non-hydrogen) atoms. The predicted octanol–water partition coefficient (Wildman–Crippen LogP) is 2.68. The number of ether oxygens (including phenoxy) is 2. The maximum atomic E-state index is 9.38. The van der Waals surface area contributed by atoms with Crippen molar-refractivity contribution in [3.8, 4) is 6.07 Å². The van der Waals surface area contributed by atoms with Crippen molar-refractivity contribution in [2.45, 2.75) is 33.0 Å². The molecular weight excluding hydrogens is 336 g/mol. The minimum atomic E-state index is 0.167. The van der Waals surface area contributed by atoms with Crippen LogP contribution in [0.4, 0.5) is 11.5 Å². The van der Waals surface area contributed by atoms with Crippen molar-refractivity contribution in [2.75, 3.05) is 36.9 Å². The zero-order chi connectivity index (χ0) is 17.6. The summed E-state index contributed by atoms with van der Waals surface area (Å²) in [6, 6.07) is 2.21. The number of morpholine rings is 1. The smallest absolute Gasteiger partial charge is 0.136 e. The van der Waals surface area contributed by atoms with Crippen LogP contribution in [0, 0.1) is 17.2 Å². The van der Waals surface area contributed by atoms with Crippen LogP contribution in [0.3, 0.4) is 0 Å². The van der Waals surface area contributed by atoms with E-state index in [0.717, 1.165) is 41.1 Å². The summed E-state index contributed by atoms with van der Waals surface area (Å²) in [7, 11) is 0. The highest BCUT2D eigenvalue weighted by molar-refractivity contribution is 7.19. The summed E-state index contributed by atoms with van der Waals surface area (Å²) in [5, 5.41) is 10.3. The summed E-state index contributed by atoms with van der Waals surface area (Å²) in [5.41, 5.74) is 9.21. The van der Waals surface area contributed by atoms with Gasteiger partial charge in [0.15, 0.2) is 0 Å². The molecule has 0 unspecified atom stereocenters. The molecule has 0 amide bonds. The van der Waals surface area contributed by atoms with Gasteiger partial charge in [-0.3, -0.25) is 0 Å². The highest BCUT2D eigenvalue weighted by atomic mass is 32.1. The third-order valence-corrected chi connectivity index (χ3v) is 6.08. The molecule has 132 valence electrons. The molecule has 1 saturated heterocycles. The molecule has 6 nitrogen and oxygen atoms in total. The molecule has 4 heterocycles. The van der Waals surface area contributed by atoms with Crippen molar-refractivity contribution in [2.24, 2.45) is 5.92 Å². The van der Waals surface area contributed by atoms with E-state index < -0.39 is 0 Å². The van der Waals surface area contributed by atoms with Crippen LogP contribution in [0.25, 0.3) is 10.2 Å².